The predicted molar refractivity (Wildman–Crippen MR) is 75.9 cm³/mol. The lowest BCUT2D eigenvalue weighted by molar-refractivity contribution is 0.177. The lowest BCUT2D eigenvalue weighted by Gasteiger charge is -2.32. The van der Waals surface area contributed by atoms with Crippen molar-refractivity contribution >= 4 is 15.9 Å². The maximum absolute atomic E-state index is 14.1. The van der Waals surface area contributed by atoms with Crippen molar-refractivity contribution < 1.29 is 4.39 Å². The Labute approximate surface area is 116 Å². The fourth-order valence-corrected chi connectivity index (χ4v) is 3.25. The maximum atomic E-state index is 14.1. The van der Waals surface area contributed by atoms with Crippen LogP contribution < -0.4 is 5.73 Å². The minimum atomic E-state index is -0.165. The molecule has 0 aromatic heterocycles. The molecule has 0 bridgehead atoms. The second kappa shape index (κ2) is 6.13. The third kappa shape index (κ3) is 2.76. The summed E-state index contributed by atoms with van der Waals surface area (Å²) in [6, 6.07) is 5.81. The minimum Gasteiger partial charge on any atom is -0.329 e. The molecule has 100 valence electrons. The summed E-state index contributed by atoms with van der Waals surface area (Å²) in [5.41, 5.74) is 6.61. The van der Waals surface area contributed by atoms with Crippen LogP contribution in [0.4, 0.5) is 4.39 Å². The molecule has 2 unspecified atom stereocenters. The topological polar surface area (TPSA) is 29.3 Å². The highest BCUT2D eigenvalue weighted by Crippen LogP contribution is 2.32. The SMILES string of the molecule is CCC1CCCN1C(CN)c1ccc(Br)cc1F. The van der Waals surface area contributed by atoms with Crippen LogP contribution >= 0.6 is 15.9 Å². The Bertz CT molecular complexity index is 411. The van der Waals surface area contributed by atoms with Gasteiger partial charge in [-0.2, -0.15) is 0 Å². The van der Waals surface area contributed by atoms with Crippen molar-refractivity contribution in [2.45, 2.75) is 38.3 Å². The summed E-state index contributed by atoms with van der Waals surface area (Å²) in [7, 11) is 0. The van der Waals surface area contributed by atoms with Crippen LogP contribution in [-0.2, 0) is 0 Å². The highest BCUT2D eigenvalue weighted by atomic mass is 79.9. The minimum absolute atomic E-state index is 0.00514. The molecule has 4 heteroatoms. The third-order valence-electron chi connectivity index (χ3n) is 3.84. The Morgan fingerprint density at radius 2 is 2.33 bits per heavy atom. The predicted octanol–water partition coefficient (Wildman–Crippen LogP) is 3.46. The van der Waals surface area contributed by atoms with E-state index in [9.17, 15) is 4.39 Å². The molecule has 1 aliphatic rings. The standard InChI is InChI=1S/C14H20BrFN2/c1-2-11-4-3-7-18(11)14(9-17)12-6-5-10(15)8-13(12)16/h5-6,8,11,14H,2-4,7,9,17H2,1H3. The van der Waals surface area contributed by atoms with Crippen LogP contribution in [0.3, 0.4) is 0 Å². The van der Waals surface area contributed by atoms with E-state index >= 15 is 0 Å². The van der Waals surface area contributed by atoms with E-state index in [4.69, 9.17) is 5.73 Å². The Morgan fingerprint density at radius 1 is 1.56 bits per heavy atom. The van der Waals surface area contributed by atoms with Gasteiger partial charge in [0, 0.05) is 22.6 Å². The second-order valence-electron chi connectivity index (χ2n) is 4.86. The van der Waals surface area contributed by atoms with Gasteiger partial charge in [0.15, 0.2) is 0 Å². The van der Waals surface area contributed by atoms with E-state index in [-0.39, 0.29) is 11.9 Å². The number of rotatable bonds is 4. The van der Waals surface area contributed by atoms with E-state index in [0.717, 1.165) is 23.0 Å². The maximum Gasteiger partial charge on any atom is 0.129 e. The van der Waals surface area contributed by atoms with Crippen LogP contribution in [0.15, 0.2) is 22.7 Å². The van der Waals surface area contributed by atoms with Crippen LogP contribution in [0.25, 0.3) is 0 Å². The van der Waals surface area contributed by atoms with Crippen LogP contribution in [-0.4, -0.2) is 24.0 Å². The third-order valence-corrected chi connectivity index (χ3v) is 4.33. The number of benzene rings is 1. The summed E-state index contributed by atoms with van der Waals surface area (Å²) in [6.45, 7) is 3.68. The summed E-state index contributed by atoms with van der Waals surface area (Å²) in [5, 5.41) is 0. The molecule has 0 radical (unpaired) electrons. The molecule has 0 saturated carbocycles. The molecule has 1 saturated heterocycles. The lowest BCUT2D eigenvalue weighted by Crippen LogP contribution is -2.37. The van der Waals surface area contributed by atoms with E-state index in [2.05, 4.69) is 27.8 Å². The number of nitrogens with two attached hydrogens (primary N) is 1. The first-order valence-electron chi connectivity index (χ1n) is 6.58. The molecule has 2 N–H and O–H groups in total. The van der Waals surface area contributed by atoms with Gasteiger partial charge in [0.1, 0.15) is 5.82 Å². The first-order valence-corrected chi connectivity index (χ1v) is 7.37. The zero-order chi connectivity index (χ0) is 13.1. The molecule has 1 aliphatic heterocycles. The average Bonchev–Trinajstić information content (AvgIpc) is 2.81. The molecule has 2 atom stereocenters. The molecule has 0 amide bonds. The van der Waals surface area contributed by atoms with Crippen molar-refractivity contribution in [2.75, 3.05) is 13.1 Å². The normalized spacial score (nSPS) is 22.3. The van der Waals surface area contributed by atoms with Crippen molar-refractivity contribution in [1.82, 2.24) is 4.90 Å². The summed E-state index contributed by atoms with van der Waals surface area (Å²) >= 11 is 3.29. The van der Waals surface area contributed by atoms with Crippen LogP contribution in [0.1, 0.15) is 37.8 Å². The molecular weight excluding hydrogens is 295 g/mol. The van der Waals surface area contributed by atoms with Gasteiger partial charge in [0.2, 0.25) is 0 Å². The molecule has 1 aromatic carbocycles. The van der Waals surface area contributed by atoms with Crippen molar-refractivity contribution in [3.8, 4) is 0 Å². The molecule has 2 rings (SSSR count). The van der Waals surface area contributed by atoms with E-state index in [0.29, 0.717) is 12.6 Å². The Hall–Kier alpha value is -0.450. The Kier molecular flexibility index (Phi) is 4.76. The van der Waals surface area contributed by atoms with E-state index in [1.165, 1.54) is 18.9 Å². The molecular formula is C14H20BrFN2. The molecule has 0 aliphatic carbocycles. The van der Waals surface area contributed by atoms with Crippen molar-refractivity contribution in [3.63, 3.8) is 0 Å². The Balaban J connectivity index is 2.27. The molecule has 1 aromatic rings. The van der Waals surface area contributed by atoms with E-state index in [1.54, 1.807) is 0 Å². The molecule has 1 fully saturated rings. The fraction of sp³-hybridized carbons (Fsp3) is 0.571. The van der Waals surface area contributed by atoms with Gasteiger partial charge in [0.05, 0.1) is 6.04 Å². The van der Waals surface area contributed by atoms with Crippen molar-refractivity contribution in [2.24, 2.45) is 5.73 Å². The van der Waals surface area contributed by atoms with Crippen molar-refractivity contribution in [3.05, 3.63) is 34.1 Å². The molecule has 1 heterocycles. The lowest BCUT2D eigenvalue weighted by atomic mass is 10.0. The molecule has 18 heavy (non-hydrogen) atoms. The summed E-state index contributed by atoms with van der Waals surface area (Å²) in [6.07, 6.45) is 3.49. The van der Waals surface area contributed by atoms with Gasteiger partial charge in [-0.1, -0.05) is 28.9 Å². The van der Waals surface area contributed by atoms with E-state index in [1.807, 2.05) is 12.1 Å². The van der Waals surface area contributed by atoms with Crippen LogP contribution in [0.2, 0.25) is 0 Å². The van der Waals surface area contributed by atoms with Crippen molar-refractivity contribution in [1.29, 1.82) is 0 Å². The summed E-state index contributed by atoms with van der Waals surface area (Å²) < 4.78 is 14.8. The number of hydrogen-bond donors (Lipinski definition) is 1. The van der Waals surface area contributed by atoms with Gasteiger partial charge in [0.25, 0.3) is 0 Å². The van der Waals surface area contributed by atoms with Gasteiger partial charge in [-0.15, -0.1) is 0 Å². The van der Waals surface area contributed by atoms with Gasteiger partial charge < -0.3 is 5.73 Å². The Morgan fingerprint density at radius 3 is 2.94 bits per heavy atom. The fourth-order valence-electron chi connectivity index (χ4n) is 2.92. The first-order chi connectivity index (χ1) is 8.67. The zero-order valence-electron chi connectivity index (χ0n) is 10.7. The molecule has 2 nitrogen and oxygen atoms in total. The zero-order valence-corrected chi connectivity index (χ0v) is 12.3. The number of halogens is 2. The summed E-state index contributed by atoms with van der Waals surface area (Å²) in [5.74, 6) is -0.165. The average molecular weight is 315 g/mol. The second-order valence-corrected chi connectivity index (χ2v) is 5.78. The monoisotopic (exact) mass is 314 g/mol. The van der Waals surface area contributed by atoms with Gasteiger partial charge in [-0.3, -0.25) is 4.90 Å². The van der Waals surface area contributed by atoms with Gasteiger partial charge in [-0.25, -0.2) is 4.39 Å². The van der Waals surface area contributed by atoms with Crippen LogP contribution in [0, 0.1) is 5.82 Å². The quantitative estimate of drug-likeness (QED) is 0.922. The van der Waals surface area contributed by atoms with Crippen LogP contribution in [0.5, 0.6) is 0 Å². The summed E-state index contributed by atoms with van der Waals surface area (Å²) in [4.78, 5) is 2.37. The molecule has 0 spiro atoms. The van der Waals surface area contributed by atoms with Gasteiger partial charge in [-0.05, 0) is 37.9 Å². The largest absolute Gasteiger partial charge is 0.329 e. The smallest absolute Gasteiger partial charge is 0.129 e. The number of likely N-dealkylation sites (tertiary alicyclic amines) is 1. The van der Waals surface area contributed by atoms with E-state index < -0.39 is 0 Å². The first kappa shape index (κ1) is 14.0. The highest BCUT2D eigenvalue weighted by molar-refractivity contribution is 9.10. The number of hydrogen-bond acceptors (Lipinski definition) is 2. The van der Waals surface area contributed by atoms with Gasteiger partial charge >= 0.3 is 0 Å². The highest BCUT2D eigenvalue weighted by Gasteiger charge is 2.30. The number of nitrogens with zero attached hydrogens (tertiary/aromatic N) is 1.